The third-order valence-corrected chi connectivity index (χ3v) is 2.08. The first kappa shape index (κ1) is 8.48. The van der Waals surface area contributed by atoms with Crippen LogP contribution < -0.4 is 4.74 Å². The Hall–Kier alpha value is -1.12. The minimum absolute atomic E-state index is 0.167. The molecule has 1 aliphatic carbocycles. The average Bonchev–Trinajstić information content (AvgIpc) is 2.83. The van der Waals surface area contributed by atoms with E-state index in [9.17, 15) is 8.78 Å². The maximum absolute atomic E-state index is 13.0. The minimum Gasteiger partial charge on any atom is -0.490 e. The largest absolute Gasteiger partial charge is 0.490 e. The van der Waals surface area contributed by atoms with Gasteiger partial charge < -0.3 is 4.74 Å². The first-order valence-corrected chi connectivity index (χ1v) is 4.29. The molecule has 3 heteroatoms. The van der Waals surface area contributed by atoms with E-state index in [4.69, 9.17) is 4.74 Å². The van der Waals surface area contributed by atoms with Gasteiger partial charge in [-0.05, 0) is 19.8 Å². The molecule has 1 aliphatic rings. The molecule has 0 aliphatic heterocycles. The molecule has 1 nitrogen and oxygen atoms in total. The third kappa shape index (κ3) is 1.79. The van der Waals surface area contributed by atoms with Gasteiger partial charge in [-0.1, -0.05) is 0 Å². The molecule has 0 N–H and O–H groups in total. The molecule has 1 aromatic rings. The summed E-state index contributed by atoms with van der Waals surface area (Å²) in [5.74, 6) is -0.797. The zero-order valence-electron chi connectivity index (χ0n) is 7.31. The molecule has 0 radical (unpaired) electrons. The van der Waals surface area contributed by atoms with E-state index < -0.39 is 11.6 Å². The monoisotopic (exact) mass is 184 g/mol. The predicted molar refractivity (Wildman–Crippen MR) is 44.7 cm³/mol. The van der Waals surface area contributed by atoms with Gasteiger partial charge in [-0.25, -0.2) is 8.78 Å². The molecule has 1 aromatic carbocycles. The maximum Gasteiger partial charge on any atom is 0.132 e. The third-order valence-electron chi connectivity index (χ3n) is 2.08. The highest BCUT2D eigenvalue weighted by Crippen LogP contribution is 2.30. The Morgan fingerprint density at radius 1 is 1.31 bits per heavy atom. The lowest BCUT2D eigenvalue weighted by Crippen LogP contribution is -2.00. The summed E-state index contributed by atoms with van der Waals surface area (Å²) in [5.41, 5.74) is 0.383. The van der Waals surface area contributed by atoms with Crippen LogP contribution in [0, 0.1) is 18.6 Å². The summed E-state index contributed by atoms with van der Waals surface area (Å²) >= 11 is 0. The van der Waals surface area contributed by atoms with Gasteiger partial charge in [-0.3, -0.25) is 0 Å². The fourth-order valence-electron chi connectivity index (χ4n) is 1.11. The summed E-state index contributed by atoms with van der Waals surface area (Å²) in [4.78, 5) is 0. The van der Waals surface area contributed by atoms with E-state index in [1.165, 1.54) is 6.07 Å². The van der Waals surface area contributed by atoms with Crippen molar-refractivity contribution in [3.05, 3.63) is 29.3 Å². The average molecular weight is 184 g/mol. The van der Waals surface area contributed by atoms with Crippen LogP contribution in [-0.4, -0.2) is 6.10 Å². The molecule has 0 atom stereocenters. The van der Waals surface area contributed by atoms with Crippen molar-refractivity contribution < 1.29 is 13.5 Å². The van der Waals surface area contributed by atoms with Crippen LogP contribution in [-0.2, 0) is 0 Å². The van der Waals surface area contributed by atoms with Crippen LogP contribution in [0.1, 0.15) is 18.4 Å². The van der Waals surface area contributed by atoms with Gasteiger partial charge in [-0.15, -0.1) is 0 Å². The SMILES string of the molecule is Cc1c(F)cc(F)cc1OC1CC1. The summed E-state index contributed by atoms with van der Waals surface area (Å²) in [7, 11) is 0. The topological polar surface area (TPSA) is 9.23 Å². The fraction of sp³-hybridized carbons (Fsp3) is 0.400. The second-order valence-corrected chi connectivity index (χ2v) is 3.33. The highest BCUT2D eigenvalue weighted by molar-refractivity contribution is 5.34. The van der Waals surface area contributed by atoms with Crippen molar-refractivity contribution >= 4 is 0 Å². The Balaban J connectivity index is 2.30. The standard InChI is InChI=1S/C10H10F2O/c1-6-9(12)4-7(11)5-10(6)13-8-2-3-8/h4-5,8H,2-3H2,1H3. The number of halogens is 2. The van der Waals surface area contributed by atoms with Crippen LogP contribution in [0.3, 0.4) is 0 Å². The molecule has 0 bridgehead atoms. The van der Waals surface area contributed by atoms with Gasteiger partial charge in [0.15, 0.2) is 0 Å². The summed E-state index contributed by atoms with van der Waals surface area (Å²) in [6, 6.07) is 2.10. The Morgan fingerprint density at radius 3 is 2.62 bits per heavy atom. The Morgan fingerprint density at radius 2 is 2.00 bits per heavy atom. The minimum atomic E-state index is -0.584. The maximum atomic E-state index is 13.0. The normalized spacial score (nSPS) is 15.9. The van der Waals surface area contributed by atoms with E-state index in [0.29, 0.717) is 11.3 Å². The van der Waals surface area contributed by atoms with Gasteiger partial charge in [0, 0.05) is 17.7 Å². The van der Waals surface area contributed by atoms with Crippen LogP contribution >= 0.6 is 0 Å². The highest BCUT2D eigenvalue weighted by atomic mass is 19.1. The number of rotatable bonds is 2. The highest BCUT2D eigenvalue weighted by Gasteiger charge is 2.24. The first-order chi connectivity index (χ1) is 6.16. The number of benzene rings is 1. The van der Waals surface area contributed by atoms with Crippen molar-refractivity contribution in [2.75, 3.05) is 0 Å². The molecule has 0 spiro atoms. The smallest absolute Gasteiger partial charge is 0.132 e. The van der Waals surface area contributed by atoms with Crippen LogP contribution in [0.2, 0.25) is 0 Å². The summed E-state index contributed by atoms with van der Waals surface area (Å²) < 4.78 is 31.1. The van der Waals surface area contributed by atoms with Crippen molar-refractivity contribution in [1.29, 1.82) is 0 Å². The zero-order valence-corrected chi connectivity index (χ0v) is 7.31. The molecule has 2 rings (SSSR count). The Bertz CT molecular complexity index is 332. The van der Waals surface area contributed by atoms with Gasteiger partial charge in [0.25, 0.3) is 0 Å². The van der Waals surface area contributed by atoms with Gasteiger partial charge in [0.1, 0.15) is 17.4 Å². The Labute approximate surface area is 75.3 Å². The number of hydrogen-bond donors (Lipinski definition) is 0. The van der Waals surface area contributed by atoms with Crippen molar-refractivity contribution in [3.63, 3.8) is 0 Å². The van der Waals surface area contributed by atoms with Gasteiger partial charge in [0.05, 0.1) is 6.10 Å². The van der Waals surface area contributed by atoms with Crippen molar-refractivity contribution in [1.82, 2.24) is 0 Å². The molecule has 70 valence electrons. The fourth-order valence-corrected chi connectivity index (χ4v) is 1.11. The molecule has 13 heavy (non-hydrogen) atoms. The van der Waals surface area contributed by atoms with Crippen molar-refractivity contribution in [2.24, 2.45) is 0 Å². The van der Waals surface area contributed by atoms with Crippen LogP contribution in [0.25, 0.3) is 0 Å². The summed E-state index contributed by atoms with van der Waals surface area (Å²) in [6.07, 6.45) is 2.13. The Kier molecular flexibility index (Phi) is 1.94. The lowest BCUT2D eigenvalue weighted by molar-refractivity contribution is 0.297. The van der Waals surface area contributed by atoms with Crippen molar-refractivity contribution in [3.8, 4) is 5.75 Å². The zero-order chi connectivity index (χ0) is 9.42. The van der Waals surface area contributed by atoms with E-state index >= 15 is 0 Å². The predicted octanol–water partition coefficient (Wildman–Crippen LogP) is 2.81. The van der Waals surface area contributed by atoms with E-state index in [2.05, 4.69) is 0 Å². The van der Waals surface area contributed by atoms with E-state index in [1.807, 2.05) is 0 Å². The van der Waals surface area contributed by atoms with E-state index in [0.717, 1.165) is 18.9 Å². The molecule has 1 fully saturated rings. The van der Waals surface area contributed by atoms with E-state index in [1.54, 1.807) is 6.92 Å². The molecule has 0 saturated heterocycles. The van der Waals surface area contributed by atoms with Crippen LogP contribution in [0.5, 0.6) is 5.75 Å². The van der Waals surface area contributed by atoms with Crippen LogP contribution in [0.15, 0.2) is 12.1 Å². The van der Waals surface area contributed by atoms with Gasteiger partial charge >= 0.3 is 0 Å². The molecule has 1 saturated carbocycles. The van der Waals surface area contributed by atoms with E-state index in [-0.39, 0.29) is 6.10 Å². The number of ether oxygens (including phenoxy) is 1. The van der Waals surface area contributed by atoms with Gasteiger partial charge in [-0.2, -0.15) is 0 Å². The second kappa shape index (κ2) is 2.98. The molecule has 0 amide bonds. The van der Waals surface area contributed by atoms with Crippen LogP contribution in [0.4, 0.5) is 8.78 Å². The quantitative estimate of drug-likeness (QED) is 0.686. The van der Waals surface area contributed by atoms with Crippen molar-refractivity contribution in [2.45, 2.75) is 25.9 Å². The molecular formula is C10H10F2O. The lowest BCUT2D eigenvalue weighted by Gasteiger charge is -2.08. The number of hydrogen-bond acceptors (Lipinski definition) is 1. The van der Waals surface area contributed by atoms with Gasteiger partial charge in [0.2, 0.25) is 0 Å². The molecule has 0 heterocycles. The summed E-state index contributed by atoms with van der Waals surface area (Å²) in [5, 5.41) is 0. The lowest BCUT2D eigenvalue weighted by atomic mass is 10.2. The molecular weight excluding hydrogens is 174 g/mol. The summed E-state index contributed by atoms with van der Waals surface area (Å²) in [6.45, 7) is 1.59. The molecule has 0 aromatic heterocycles. The second-order valence-electron chi connectivity index (χ2n) is 3.33. The molecule has 0 unspecified atom stereocenters. The first-order valence-electron chi connectivity index (χ1n) is 4.29.